The van der Waals surface area contributed by atoms with Gasteiger partial charge >= 0.3 is 0 Å². The Balaban J connectivity index is 2.38. The maximum Gasteiger partial charge on any atom is 0.263 e. The summed E-state index contributed by atoms with van der Waals surface area (Å²) in [5.74, 6) is -0.480. The molecule has 7 heteroatoms. The summed E-state index contributed by atoms with van der Waals surface area (Å²) in [6.45, 7) is 1.60. The Kier molecular flexibility index (Phi) is 4.36. The molecule has 0 heterocycles. The van der Waals surface area contributed by atoms with Crippen LogP contribution in [0, 0.1) is 12.7 Å². The van der Waals surface area contributed by atoms with E-state index in [2.05, 4.69) is 20.7 Å². The summed E-state index contributed by atoms with van der Waals surface area (Å²) in [6, 6.07) is 8.53. The van der Waals surface area contributed by atoms with Crippen LogP contribution in [0.5, 0.6) is 0 Å². The average Bonchev–Trinajstić information content (AvgIpc) is 2.33. The molecule has 0 aliphatic rings. The molecular weight excluding hydrogens is 369 g/mol. The van der Waals surface area contributed by atoms with E-state index in [-0.39, 0.29) is 15.6 Å². The molecule has 2 aromatic carbocycles. The van der Waals surface area contributed by atoms with Crippen LogP contribution in [0.15, 0.2) is 45.8 Å². The van der Waals surface area contributed by atoms with Crippen molar-refractivity contribution in [3.05, 3.63) is 57.3 Å². The molecule has 0 aliphatic heterocycles. The van der Waals surface area contributed by atoms with Crippen LogP contribution in [0.3, 0.4) is 0 Å². The Morgan fingerprint density at radius 1 is 1.20 bits per heavy atom. The minimum atomic E-state index is -3.86. The van der Waals surface area contributed by atoms with Gasteiger partial charge in [0, 0.05) is 4.47 Å². The number of halogens is 3. The molecule has 0 aromatic heterocycles. The molecule has 20 heavy (non-hydrogen) atoms. The van der Waals surface area contributed by atoms with Crippen molar-refractivity contribution in [3.8, 4) is 0 Å². The summed E-state index contributed by atoms with van der Waals surface area (Å²) in [4.78, 5) is -0.0663. The minimum Gasteiger partial charge on any atom is -0.279 e. The van der Waals surface area contributed by atoms with Crippen LogP contribution < -0.4 is 4.72 Å². The van der Waals surface area contributed by atoms with Crippen LogP contribution >= 0.6 is 27.5 Å². The van der Waals surface area contributed by atoms with Crippen LogP contribution in [0.25, 0.3) is 0 Å². The number of anilines is 1. The summed E-state index contributed by atoms with van der Waals surface area (Å²) in [5, 5.41) is 0.0828. The Hall–Kier alpha value is -1.11. The van der Waals surface area contributed by atoms with E-state index in [1.165, 1.54) is 24.3 Å². The van der Waals surface area contributed by atoms with Gasteiger partial charge < -0.3 is 0 Å². The van der Waals surface area contributed by atoms with Crippen molar-refractivity contribution in [2.75, 3.05) is 4.72 Å². The first-order chi connectivity index (χ1) is 9.29. The van der Waals surface area contributed by atoms with Crippen molar-refractivity contribution in [3.63, 3.8) is 0 Å². The molecular formula is C13H10BrClFNO2S. The fourth-order valence-electron chi connectivity index (χ4n) is 1.56. The van der Waals surface area contributed by atoms with Gasteiger partial charge in [-0.05, 0) is 42.8 Å². The van der Waals surface area contributed by atoms with Gasteiger partial charge in [0.15, 0.2) is 0 Å². The predicted molar refractivity (Wildman–Crippen MR) is 81.1 cm³/mol. The highest BCUT2D eigenvalue weighted by molar-refractivity contribution is 9.10. The van der Waals surface area contributed by atoms with Crippen molar-refractivity contribution in [1.29, 1.82) is 0 Å². The fraction of sp³-hybridized carbons (Fsp3) is 0.0769. The number of hydrogen-bond donors (Lipinski definition) is 1. The molecule has 0 amide bonds. The van der Waals surface area contributed by atoms with Crippen molar-refractivity contribution >= 4 is 43.2 Å². The molecule has 0 radical (unpaired) electrons. The number of rotatable bonds is 3. The predicted octanol–water partition coefficient (Wildman–Crippen LogP) is 4.35. The molecule has 2 rings (SSSR count). The maximum atomic E-state index is 13.4. The van der Waals surface area contributed by atoms with Gasteiger partial charge in [-0.15, -0.1) is 0 Å². The van der Waals surface area contributed by atoms with Crippen LogP contribution in [0.1, 0.15) is 5.56 Å². The first-order valence-corrected chi connectivity index (χ1v) is 8.19. The van der Waals surface area contributed by atoms with Gasteiger partial charge in [0.25, 0.3) is 10.0 Å². The van der Waals surface area contributed by atoms with E-state index in [1.54, 1.807) is 13.0 Å². The summed E-state index contributed by atoms with van der Waals surface area (Å²) >= 11 is 9.11. The van der Waals surface area contributed by atoms with Gasteiger partial charge in [0.05, 0.1) is 10.7 Å². The second kappa shape index (κ2) is 5.71. The lowest BCUT2D eigenvalue weighted by Crippen LogP contribution is -2.13. The third kappa shape index (κ3) is 3.31. The van der Waals surface area contributed by atoms with Gasteiger partial charge in [-0.25, -0.2) is 12.8 Å². The van der Waals surface area contributed by atoms with E-state index in [9.17, 15) is 12.8 Å². The zero-order valence-corrected chi connectivity index (χ0v) is 13.5. The molecule has 0 spiro atoms. The van der Waals surface area contributed by atoms with Crippen LogP contribution in [-0.4, -0.2) is 8.42 Å². The third-order valence-electron chi connectivity index (χ3n) is 2.61. The fourth-order valence-corrected chi connectivity index (χ4v) is 3.65. The number of benzene rings is 2. The molecule has 0 atom stereocenters. The van der Waals surface area contributed by atoms with Crippen molar-refractivity contribution < 1.29 is 12.8 Å². The lowest BCUT2D eigenvalue weighted by atomic mass is 10.2. The van der Waals surface area contributed by atoms with Gasteiger partial charge in [-0.1, -0.05) is 33.6 Å². The normalized spacial score (nSPS) is 11.4. The first-order valence-electron chi connectivity index (χ1n) is 5.53. The van der Waals surface area contributed by atoms with Crippen molar-refractivity contribution in [2.45, 2.75) is 11.8 Å². The molecule has 0 aliphatic carbocycles. The summed E-state index contributed by atoms with van der Waals surface area (Å²) < 4.78 is 40.8. The van der Waals surface area contributed by atoms with E-state index >= 15 is 0 Å². The first kappa shape index (κ1) is 15.3. The zero-order chi connectivity index (χ0) is 14.9. The Bertz CT molecular complexity index is 765. The second-order valence-electron chi connectivity index (χ2n) is 4.14. The molecule has 3 nitrogen and oxygen atoms in total. The highest BCUT2D eigenvalue weighted by Crippen LogP contribution is 2.27. The van der Waals surface area contributed by atoms with Gasteiger partial charge in [0.2, 0.25) is 0 Å². The van der Waals surface area contributed by atoms with E-state index in [1.807, 2.05) is 0 Å². The molecule has 2 aromatic rings. The van der Waals surface area contributed by atoms with Gasteiger partial charge in [0.1, 0.15) is 10.7 Å². The topological polar surface area (TPSA) is 46.2 Å². The quantitative estimate of drug-likeness (QED) is 0.863. The molecule has 0 unspecified atom stereocenters. The smallest absolute Gasteiger partial charge is 0.263 e. The lowest BCUT2D eigenvalue weighted by molar-refractivity contribution is 0.601. The molecule has 0 fully saturated rings. The summed E-state index contributed by atoms with van der Waals surface area (Å²) in [7, 11) is -3.86. The van der Waals surface area contributed by atoms with E-state index in [0.717, 1.165) is 6.07 Å². The van der Waals surface area contributed by atoms with E-state index in [4.69, 9.17) is 11.6 Å². The summed E-state index contributed by atoms with van der Waals surface area (Å²) in [6.07, 6.45) is 0. The highest BCUT2D eigenvalue weighted by atomic mass is 79.9. The Morgan fingerprint density at radius 3 is 2.50 bits per heavy atom. The summed E-state index contributed by atoms with van der Waals surface area (Å²) in [5.41, 5.74) is 0.585. The van der Waals surface area contributed by atoms with Crippen LogP contribution in [0.2, 0.25) is 5.02 Å². The van der Waals surface area contributed by atoms with E-state index < -0.39 is 15.8 Å². The number of hydrogen-bond acceptors (Lipinski definition) is 2. The van der Waals surface area contributed by atoms with Crippen LogP contribution in [-0.2, 0) is 10.0 Å². The minimum absolute atomic E-state index is 0.0663. The molecule has 0 saturated heterocycles. The maximum absolute atomic E-state index is 13.4. The van der Waals surface area contributed by atoms with Crippen molar-refractivity contribution in [2.24, 2.45) is 0 Å². The number of nitrogens with one attached hydrogen (secondary N) is 1. The lowest BCUT2D eigenvalue weighted by Gasteiger charge is -2.10. The third-order valence-corrected chi connectivity index (χ3v) is 4.96. The van der Waals surface area contributed by atoms with Crippen LogP contribution in [0.4, 0.5) is 10.1 Å². The zero-order valence-electron chi connectivity index (χ0n) is 10.3. The molecule has 106 valence electrons. The largest absolute Gasteiger partial charge is 0.279 e. The van der Waals surface area contributed by atoms with Gasteiger partial charge in [-0.2, -0.15) is 0 Å². The number of sulfonamides is 1. The van der Waals surface area contributed by atoms with E-state index in [0.29, 0.717) is 10.0 Å². The number of aryl methyl sites for hydroxylation is 1. The molecule has 0 saturated carbocycles. The molecule has 0 bridgehead atoms. The highest BCUT2D eigenvalue weighted by Gasteiger charge is 2.18. The average molecular weight is 379 g/mol. The standard InChI is InChI=1S/C13H10BrClFNO2S/c1-8-2-4-10(7-12(8)16)17-20(18,19)13-5-3-9(14)6-11(13)15/h2-7,17H,1H3. The monoisotopic (exact) mass is 377 g/mol. The Morgan fingerprint density at radius 2 is 1.90 bits per heavy atom. The Labute approximate surface area is 130 Å². The molecule has 1 N–H and O–H groups in total. The SMILES string of the molecule is Cc1ccc(NS(=O)(=O)c2ccc(Br)cc2Cl)cc1F. The van der Waals surface area contributed by atoms with Crippen molar-refractivity contribution in [1.82, 2.24) is 0 Å². The second-order valence-corrected chi connectivity index (χ2v) is 7.12. The van der Waals surface area contributed by atoms with Gasteiger partial charge in [-0.3, -0.25) is 4.72 Å².